The van der Waals surface area contributed by atoms with Gasteiger partial charge in [0.05, 0.1) is 5.69 Å². The second-order valence-corrected chi connectivity index (χ2v) is 6.69. The number of nitrogens with zero attached hydrogens (tertiary/aromatic N) is 1. The van der Waals surface area contributed by atoms with Crippen LogP contribution in [0.25, 0.3) is 0 Å². The summed E-state index contributed by atoms with van der Waals surface area (Å²) < 4.78 is 25.9. The molecule has 0 saturated carbocycles. The van der Waals surface area contributed by atoms with Crippen LogP contribution < -0.4 is 20.7 Å². The van der Waals surface area contributed by atoms with Gasteiger partial charge < -0.3 is 16.0 Å². The van der Waals surface area contributed by atoms with E-state index in [0.29, 0.717) is 19.5 Å². The Morgan fingerprint density at radius 2 is 2.19 bits per heavy atom. The highest BCUT2D eigenvalue weighted by molar-refractivity contribution is 7.89. The Balaban J connectivity index is 2.38. The number of carbonyl (C=O) groups is 1. The highest BCUT2D eigenvalue weighted by Crippen LogP contribution is 2.27. The molecule has 0 spiro atoms. The first-order chi connectivity index (χ1) is 9.90. The first-order valence-electron chi connectivity index (χ1n) is 6.78. The van der Waals surface area contributed by atoms with Gasteiger partial charge in [-0.3, -0.25) is 4.79 Å². The first-order valence-corrected chi connectivity index (χ1v) is 8.26. The molecule has 1 amide bonds. The quantitative estimate of drug-likeness (QED) is 0.673. The van der Waals surface area contributed by atoms with Crippen LogP contribution in [0.5, 0.6) is 0 Å². The van der Waals surface area contributed by atoms with Crippen molar-refractivity contribution in [2.24, 2.45) is 0 Å². The molecule has 0 bridgehead atoms. The molecule has 0 aromatic heterocycles. The number of sulfonamides is 1. The summed E-state index contributed by atoms with van der Waals surface area (Å²) in [6.07, 6.45) is 0.669. The summed E-state index contributed by atoms with van der Waals surface area (Å²) in [7, 11) is -2.24. The smallest absolute Gasteiger partial charge is 0.242 e. The maximum Gasteiger partial charge on any atom is 0.242 e. The third-order valence-corrected chi connectivity index (χ3v) is 5.09. The lowest BCUT2D eigenvalue weighted by atomic mass is 10.1. The third-order valence-electron chi connectivity index (χ3n) is 3.60. The van der Waals surface area contributed by atoms with Gasteiger partial charge in [-0.2, -0.15) is 0 Å². The van der Waals surface area contributed by atoms with Crippen molar-refractivity contribution in [2.75, 3.05) is 30.8 Å². The van der Waals surface area contributed by atoms with Gasteiger partial charge in [-0.25, -0.2) is 13.1 Å². The Kier molecular flexibility index (Phi) is 4.38. The van der Waals surface area contributed by atoms with Crippen LogP contribution in [0.1, 0.15) is 13.3 Å². The van der Waals surface area contributed by atoms with Crippen molar-refractivity contribution in [2.45, 2.75) is 24.3 Å². The second kappa shape index (κ2) is 5.90. The van der Waals surface area contributed by atoms with Crippen LogP contribution in [0.15, 0.2) is 23.1 Å². The first kappa shape index (κ1) is 15.6. The van der Waals surface area contributed by atoms with Crippen molar-refractivity contribution in [3.05, 3.63) is 18.2 Å². The van der Waals surface area contributed by atoms with E-state index < -0.39 is 10.0 Å². The Hall–Kier alpha value is -1.80. The minimum absolute atomic E-state index is 0.0192. The summed E-state index contributed by atoms with van der Waals surface area (Å²) in [5, 5.41) is 2.82. The molecule has 116 valence electrons. The van der Waals surface area contributed by atoms with Gasteiger partial charge in [0.25, 0.3) is 0 Å². The number of hydrogen-bond donors (Lipinski definition) is 3. The number of anilines is 2. The van der Waals surface area contributed by atoms with Crippen LogP contribution in [0.4, 0.5) is 11.4 Å². The Labute approximate surface area is 124 Å². The van der Waals surface area contributed by atoms with Crippen molar-refractivity contribution in [3.8, 4) is 0 Å². The van der Waals surface area contributed by atoms with Gasteiger partial charge in [0.1, 0.15) is 10.9 Å². The minimum atomic E-state index is -3.58. The Morgan fingerprint density at radius 3 is 2.76 bits per heavy atom. The highest BCUT2D eigenvalue weighted by atomic mass is 32.2. The number of benzene rings is 1. The van der Waals surface area contributed by atoms with E-state index in [1.807, 2.05) is 11.8 Å². The second-order valence-electron chi connectivity index (χ2n) is 4.84. The van der Waals surface area contributed by atoms with Crippen LogP contribution in [-0.2, 0) is 14.8 Å². The molecule has 8 heteroatoms. The van der Waals surface area contributed by atoms with E-state index in [-0.39, 0.29) is 22.5 Å². The van der Waals surface area contributed by atoms with Crippen molar-refractivity contribution in [1.82, 2.24) is 10.0 Å². The summed E-state index contributed by atoms with van der Waals surface area (Å²) in [4.78, 5) is 13.9. The largest absolute Gasteiger partial charge is 0.398 e. The van der Waals surface area contributed by atoms with Crippen molar-refractivity contribution < 1.29 is 13.2 Å². The van der Waals surface area contributed by atoms with E-state index in [1.54, 1.807) is 12.1 Å². The van der Waals surface area contributed by atoms with Crippen molar-refractivity contribution >= 4 is 27.3 Å². The van der Waals surface area contributed by atoms with Crippen LogP contribution >= 0.6 is 0 Å². The van der Waals surface area contributed by atoms with E-state index in [1.165, 1.54) is 13.1 Å². The maximum atomic E-state index is 11.9. The molecule has 21 heavy (non-hydrogen) atoms. The molecule has 1 unspecified atom stereocenters. The minimum Gasteiger partial charge on any atom is -0.398 e. The van der Waals surface area contributed by atoms with E-state index in [0.717, 1.165) is 5.69 Å². The fourth-order valence-electron chi connectivity index (χ4n) is 2.50. The summed E-state index contributed by atoms with van der Waals surface area (Å²) in [5.74, 6) is -0.0192. The number of hydrogen-bond acceptors (Lipinski definition) is 5. The van der Waals surface area contributed by atoms with Gasteiger partial charge in [0.15, 0.2) is 0 Å². The lowest BCUT2D eigenvalue weighted by Crippen LogP contribution is -2.55. The summed E-state index contributed by atoms with van der Waals surface area (Å²) in [5.41, 5.74) is 6.79. The number of rotatable bonds is 4. The molecule has 0 radical (unpaired) electrons. The van der Waals surface area contributed by atoms with Crippen LogP contribution in [0.2, 0.25) is 0 Å². The van der Waals surface area contributed by atoms with Gasteiger partial charge in [-0.15, -0.1) is 0 Å². The Morgan fingerprint density at radius 1 is 1.48 bits per heavy atom. The lowest BCUT2D eigenvalue weighted by molar-refractivity contribution is -0.123. The summed E-state index contributed by atoms with van der Waals surface area (Å²) in [6, 6.07) is 4.49. The van der Waals surface area contributed by atoms with Crippen LogP contribution in [0.3, 0.4) is 0 Å². The molecule has 1 aromatic rings. The van der Waals surface area contributed by atoms with E-state index in [2.05, 4.69) is 10.0 Å². The molecule has 1 aromatic carbocycles. The van der Waals surface area contributed by atoms with Gasteiger partial charge in [-0.1, -0.05) is 6.92 Å². The molecular formula is C13H20N4O3S. The predicted molar refractivity (Wildman–Crippen MR) is 81.5 cm³/mol. The molecule has 1 fully saturated rings. The SMILES string of the molecule is CCC1C(=O)NCCN1c1ccc(S(=O)(=O)NC)c(N)c1. The van der Waals surface area contributed by atoms with Crippen LogP contribution in [-0.4, -0.2) is 40.5 Å². The number of nitrogen functional groups attached to an aromatic ring is 1. The standard InChI is InChI=1S/C13H20N4O3S/c1-3-11-13(18)16-6-7-17(11)9-4-5-12(10(14)8-9)21(19,20)15-2/h4-5,8,11,15H,3,6-7,14H2,1-2H3,(H,16,18). The van der Waals surface area contributed by atoms with Crippen molar-refractivity contribution in [3.63, 3.8) is 0 Å². The van der Waals surface area contributed by atoms with Crippen LogP contribution in [0, 0.1) is 0 Å². The average molecular weight is 312 g/mol. The van der Waals surface area contributed by atoms with E-state index in [9.17, 15) is 13.2 Å². The number of nitrogens with two attached hydrogens (primary N) is 1. The van der Waals surface area contributed by atoms with Gasteiger partial charge in [0.2, 0.25) is 15.9 Å². The van der Waals surface area contributed by atoms with Gasteiger partial charge in [-0.05, 0) is 31.7 Å². The molecule has 1 atom stereocenters. The topological polar surface area (TPSA) is 105 Å². The molecular weight excluding hydrogens is 292 g/mol. The zero-order valence-electron chi connectivity index (χ0n) is 12.1. The normalized spacial score (nSPS) is 19.4. The molecule has 1 aliphatic rings. The number of amides is 1. The molecule has 1 heterocycles. The third kappa shape index (κ3) is 2.96. The number of carbonyl (C=O) groups excluding carboxylic acids is 1. The fourth-order valence-corrected chi connectivity index (χ4v) is 3.34. The van der Waals surface area contributed by atoms with Crippen molar-refractivity contribution in [1.29, 1.82) is 0 Å². The monoisotopic (exact) mass is 312 g/mol. The van der Waals surface area contributed by atoms with E-state index in [4.69, 9.17) is 5.73 Å². The lowest BCUT2D eigenvalue weighted by Gasteiger charge is -2.36. The zero-order chi connectivity index (χ0) is 15.6. The van der Waals surface area contributed by atoms with Gasteiger partial charge in [0, 0.05) is 18.8 Å². The highest BCUT2D eigenvalue weighted by Gasteiger charge is 2.28. The zero-order valence-corrected chi connectivity index (χ0v) is 12.9. The fraction of sp³-hybridized carbons (Fsp3) is 0.462. The molecule has 1 saturated heterocycles. The molecule has 7 nitrogen and oxygen atoms in total. The maximum absolute atomic E-state index is 11.9. The summed E-state index contributed by atoms with van der Waals surface area (Å²) in [6.45, 7) is 3.17. The predicted octanol–water partition coefficient (Wildman–Crippen LogP) is -0.108. The van der Waals surface area contributed by atoms with Gasteiger partial charge >= 0.3 is 0 Å². The number of nitrogens with one attached hydrogen (secondary N) is 2. The molecule has 0 aliphatic carbocycles. The molecule has 2 rings (SSSR count). The molecule has 4 N–H and O–H groups in total. The van der Waals surface area contributed by atoms with E-state index >= 15 is 0 Å². The number of piperazine rings is 1. The Bertz CT molecular complexity index is 645. The molecule has 1 aliphatic heterocycles. The average Bonchev–Trinajstić information content (AvgIpc) is 2.46. The summed E-state index contributed by atoms with van der Waals surface area (Å²) >= 11 is 0.